The van der Waals surface area contributed by atoms with Crippen molar-refractivity contribution in [2.45, 2.75) is 25.1 Å². The van der Waals surface area contributed by atoms with E-state index >= 15 is 0 Å². The fourth-order valence-corrected chi connectivity index (χ4v) is 8.83. The zero-order valence-corrected chi connectivity index (χ0v) is 33.3. The number of aromatic nitrogens is 5. The predicted molar refractivity (Wildman–Crippen MR) is 214 cm³/mol. The van der Waals surface area contributed by atoms with Crippen LogP contribution in [-0.4, -0.2) is 101 Å². The second-order valence-electron chi connectivity index (χ2n) is 13.7. The molecule has 2 fully saturated rings. The van der Waals surface area contributed by atoms with E-state index in [1.807, 2.05) is 37.5 Å². The van der Waals surface area contributed by atoms with Crippen molar-refractivity contribution in [1.29, 1.82) is 0 Å². The Morgan fingerprint density at radius 1 is 1.00 bits per heavy atom. The minimum Gasteiger partial charge on any atom is -0.482 e. The molecule has 5 heterocycles. The molecule has 12 nitrogen and oxygen atoms in total. The highest BCUT2D eigenvalue weighted by molar-refractivity contribution is 9.10. The Hall–Kier alpha value is -3.95. The molecule has 3 aromatic heterocycles. The Balaban J connectivity index is 0.00000497. The number of pyridine rings is 1. The van der Waals surface area contributed by atoms with Crippen molar-refractivity contribution in [1.82, 2.24) is 34.9 Å². The fraction of sp³-hybridized carbons (Fsp3) is 0.389. The predicted octanol–water partition coefficient (Wildman–Crippen LogP) is 7.16. The van der Waals surface area contributed by atoms with Gasteiger partial charge < -0.3 is 30.2 Å². The molecule has 0 aliphatic carbocycles. The first kappa shape index (κ1) is 39.7. The molecule has 288 valence electrons. The Morgan fingerprint density at radius 2 is 1.74 bits per heavy atom. The van der Waals surface area contributed by atoms with E-state index in [9.17, 15) is 17.7 Å². The molecule has 18 heteroatoms. The molecule has 2 aliphatic heterocycles. The van der Waals surface area contributed by atoms with Gasteiger partial charge in [0.25, 0.3) is 0 Å². The third-order valence-electron chi connectivity index (χ3n) is 9.51. The number of alkyl halides is 3. The standard InChI is InChI=1S/C36H41BrF3N10O2P.ClH/c1-48-21-23(18-44-48)26-16-29(32(52-22-36(38,39)40)17-31(26)50-12-8-24(9-13-50)49-14-10-41-11-15-49)46-35-43-19-27(37)34(47-35)45-30-20-42-28-7-5-4-6-25(28)33(30)53(2,3)51;/h4-7,16-21,24,41H,8-15,22H2,1-3H3,(H2,43,45,46,47);1H. The minimum atomic E-state index is -4.56. The van der Waals surface area contributed by atoms with Crippen molar-refractivity contribution in [2.24, 2.45) is 7.05 Å². The molecule has 2 aliphatic rings. The largest absolute Gasteiger partial charge is 0.482 e. The van der Waals surface area contributed by atoms with Gasteiger partial charge in [0.1, 0.15) is 18.7 Å². The van der Waals surface area contributed by atoms with Gasteiger partial charge in [-0.25, -0.2) is 4.98 Å². The zero-order chi connectivity index (χ0) is 37.3. The highest BCUT2D eigenvalue weighted by Gasteiger charge is 2.31. The van der Waals surface area contributed by atoms with Gasteiger partial charge in [-0.1, -0.05) is 18.2 Å². The second-order valence-corrected chi connectivity index (χ2v) is 17.7. The summed E-state index contributed by atoms with van der Waals surface area (Å²) in [5.74, 6) is 0.443. The number of piperazine rings is 1. The van der Waals surface area contributed by atoms with Gasteiger partial charge in [0.05, 0.1) is 33.8 Å². The van der Waals surface area contributed by atoms with Crippen LogP contribution in [0.2, 0.25) is 0 Å². The van der Waals surface area contributed by atoms with Gasteiger partial charge in [0, 0.05) is 98.3 Å². The van der Waals surface area contributed by atoms with Crippen LogP contribution < -0.4 is 30.9 Å². The van der Waals surface area contributed by atoms with Crippen LogP contribution in [0.15, 0.2) is 65.7 Å². The van der Waals surface area contributed by atoms with Gasteiger partial charge in [-0.15, -0.1) is 12.4 Å². The summed E-state index contributed by atoms with van der Waals surface area (Å²) in [5, 5.41) is 15.6. The molecule has 0 bridgehead atoms. The Bertz CT molecular complexity index is 2150. The zero-order valence-electron chi connectivity index (χ0n) is 30.0. The maximum Gasteiger partial charge on any atom is 0.422 e. The fourth-order valence-electron chi connectivity index (χ4n) is 7.08. The Morgan fingerprint density at radius 3 is 2.43 bits per heavy atom. The van der Waals surface area contributed by atoms with Gasteiger partial charge >= 0.3 is 6.18 Å². The lowest BCUT2D eigenvalue weighted by molar-refractivity contribution is -0.153. The lowest BCUT2D eigenvalue weighted by atomic mass is 9.98. The van der Waals surface area contributed by atoms with E-state index in [-0.39, 0.29) is 29.8 Å². The van der Waals surface area contributed by atoms with Crippen LogP contribution >= 0.6 is 35.5 Å². The third-order valence-corrected chi connectivity index (χ3v) is 11.6. The van der Waals surface area contributed by atoms with Crippen molar-refractivity contribution in [3.05, 3.63) is 65.7 Å². The molecule has 2 saturated heterocycles. The summed E-state index contributed by atoms with van der Waals surface area (Å²) in [6.07, 6.45) is 4.07. The third kappa shape index (κ3) is 9.11. The summed E-state index contributed by atoms with van der Waals surface area (Å²) < 4.78 is 62.0. The summed E-state index contributed by atoms with van der Waals surface area (Å²) >= 11 is 3.51. The summed E-state index contributed by atoms with van der Waals surface area (Å²) in [6.45, 7) is 7.37. The van der Waals surface area contributed by atoms with Crippen LogP contribution in [0.4, 0.5) is 42.0 Å². The van der Waals surface area contributed by atoms with E-state index in [0.29, 0.717) is 32.8 Å². The van der Waals surface area contributed by atoms with Crippen LogP contribution in [0.25, 0.3) is 22.0 Å². The summed E-state index contributed by atoms with van der Waals surface area (Å²) in [5.41, 5.74) is 3.82. The normalized spacial score (nSPS) is 15.9. The van der Waals surface area contributed by atoms with E-state index in [1.165, 1.54) is 6.20 Å². The molecular formula is C36H42BrClF3N10O2P. The first-order valence-corrected chi connectivity index (χ1v) is 20.8. The molecule has 2 aromatic carbocycles. The van der Waals surface area contributed by atoms with E-state index in [4.69, 9.17) is 4.74 Å². The van der Waals surface area contributed by atoms with Crippen molar-refractivity contribution in [2.75, 3.05) is 74.7 Å². The average molecular weight is 850 g/mol. The SMILES string of the molecule is Cl.Cn1cc(-c2cc(Nc3ncc(Br)c(Nc4cnc5ccccc5c4P(C)(C)=O)n3)c(OCC(F)(F)F)cc2N2CCC(N3CCNCC3)CC2)cn1. The van der Waals surface area contributed by atoms with Crippen LogP contribution in [-0.2, 0) is 11.6 Å². The highest BCUT2D eigenvalue weighted by atomic mass is 79.9. The van der Waals surface area contributed by atoms with Gasteiger partial charge in [-0.3, -0.25) is 14.6 Å². The summed E-state index contributed by atoms with van der Waals surface area (Å²) in [6, 6.07) is 11.4. The van der Waals surface area contributed by atoms with Crippen LogP contribution in [0.1, 0.15) is 12.8 Å². The number of ether oxygens (including phenoxy) is 1. The number of fused-ring (bicyclic) bond motifs is 1. The van der Waals surface area contributed by atoms with Crippen molar-refractivity contribution < 1.29 is 22.5 Å². The van der Waals surface area contributed by atoms with Crippen molar-refractivity contribution in [3.8, 4) is 16.9 Å². The monoisotopic (exact) mass is 848 g/mol. The molecule has 0 amide bonds. The van der Waals surface area contributed by atoms with Crippen LogP contribution in [0.5, 0.6) is 5.75 Å². The van der Waals surface area contributed by atoms with Gasteiger partial charge in [-0.2, -0.15) is 23.3 Å². The number of rotatable bonds is 10. The first-order valence-electron chi connectivity index (χ1n) is 17.4. The number of hydrogen-bond acceptors (Lipinski definition) is 11. The van der Waals surface area contributed by atoms with Gasteiger partial charge in [0.2, 0.25) is 5.95 Å². The number of piperidine rings is 1. The number of anilines is 5. The molecule has 3 N–H and O–H groups in total. The summed E-state index contributed by atoms with van der Waals surface area (Å²) in [4.78, 5) is 18.4. The number of nitrogens with one attached hydrogen (secondary N) is 3. The number of benzene rings is 2. The molecular weight excluding hydrogens is 808 g/mol. The topological polar surface area (TPSA) is 125 Å². The maximum atomic E-state index is 13.6. The van der Waals surface area contributed by atoms with Crippen molar-refractivity contribution >= 4 is 80.5 Å². The highest BCUT2D eigenvalue weighted by Crippen LogP contribution is 2.43. The van der Waals surface area contributed by atoms with Gasteiger partial charge in [0.15, 0.2) is 6.61 Å². The van der Waals surface area contributed by atoms with Crippen molar-refractivity contribution in [3.63, 3.8) is 0 Å². The Labute approximate surface area is 326 Å². The van der Waals surface area contributed by atoms with E-state index in [2.05, 4.69) is 61.7 Å². The maximum absolute atomic E-state index is 13.6. The number of aryl methyl sites for hydroxylation is 1. The molecule has 0 saturated carbocycles. The van der Waals surface area contributed by atoms with Crippen LogP contribution in [0, 0.1) is 0 Å². The molecule has 7 rings (SSSR count). The lowest BCUT2D eigenvalue weighted by Gasteiger charge is -2.41. The molecule has 0 unspecified atom stereocenters. The quantitative estimate of drug-likeness (QED) is 0.124. The number of hydrogen-bond donors (Lipinski definition) is 3. The molecule has 5 aromatic rings. The lowest BCUT2D eigenvalue weighted by Crippen LogP contribution is -2.52. The first-order chi connectivity index (χ1) is 25.3. The number of nitrogens with zero attached hydrogens (tertiary/aromatic N) is 7. The molecule has 0 atom stereocenters. The summed E-state index contributed by atoms with van der Waals surface area (Å²) in [7, 11) is -0.992. The van der Waals surface area contributed by atoms with Crippen LogP contribution in [0.3, 0.4) is 0 Å². The van der Waals surface area contributed by atoms with E-state index < -0.39 is 19.9 Å². The van der Waals surface area contributed by atoms with E-state index in [1.54, 1.807) is 42.5 Å². The van der Waals surface area contributed by atoms with Gasteiger partial charge in [-0.05, 0) is 54.2 Å². The molecule has 0 radical (unpaired) electrons. The average Bonchev–Trinajstić information content (AvgIpc) is 3.57. The Kier molecular flexibility index (Phi) is 12.1. The minimum absolute atomic E-state index is 0. The van der Waals surface area contributed by atoms with E-state index in [0.717, 1.165) is 74.3 Å². The second kappa shape index (κ2) is 16.4. The smallest absolute Gasteiger partial charge is 0.422 e. The number of para-hydroxylation sites is 1. The number of halogens is 5. The molecule has 0 spiro atoms. The molecule has 54 heavy (non-hydrogen) atoms.